The van der Waals surface area contributed by atoms with Gasteiger partial charge in [0, 0.05) is 11.4 Å². The van der Waals surface area contributed by atoms with Gasteiger partial charge in [-0.2, -0.15) is 0 Å². The Morgan fingerprint density at radius 1 is 1.70 bits per heavy atom. The first-order chi connectivity index (χ1) is 4.81. The number of hydrogen-bond donors (Lipinski definition) is 0. The second kappa shape index (κ2) is 6.81. The van der Waals surface area contributed by atoms with Crippen LogP contribution in [-0.4, -0.2) is 17.9 Å². The first kappa shape index (κ1) is 9.69. The third kappa shape index (κ3) is 5.82. The van der Waals surface area contributed by atoms with Crippen LogP contribution in [0, 0.1) is 0 Å². The molecule has 0 fully saturated rings. The van der Waals surface area contributed by atoms with Gasteiger partial charge in [-0.1, -0.05) is 28.9 Å². The van der Waals surface area contributed by atoms with Gasteiger partial charge >= 0.3 is 5.97 Å². The van der Waals surface area contributed by atoms with Crippen molar-refractivity contribution >= 4 is 21.9 Å². The van der Waals surface area contributed by atoms with Crippen molar-refractivity contribution in [2.24, 2.45) is 0 Å². The molecule has 0 radical (unpaired) electrons. The molecule has 0 bridgehead atoms. The summed E-state index contributed by atoms with van der Waals surface area (Å²) in [6.07, 6.45) is 4.00. The molecule has 0 aliphatic carbocycles. The molecule has 3 heteroatoms. The topological polar surface area (TPSA) is 26.3 Å². The van der Waals surface area contributed by atoms with Crippen LogP contribution >= 0.6 is 15.9 Å². The fourth-order valence-corrected chi connectivity index (χ4v) is 0.578. The number of alkyl halides is 1. The molecule has 0 aliphatic heterocycles. The third-order valence-electron chi connectivity index (χ3n) is 0.791. The van der Waals surface area contributed by atoms with E-state index in [1.807, 2.05) is 6.92 Å². The van der Waals surface area contributed by atoms with Crippen molar-refractivity contribution in [3.63, 3.8) is 0 Å². The van der Waals surface area contributed by atoms with E-state index in [-0.39, 0.29) is 5.97 Å². The van der Waals surface area contributed by atoms with Crippen LogP contribution in [0.15, 0.2) is 12.2 Å². The van der Waals surface area contributed by atoms with Gasteiger partial charge < -0.3 is 4.74 Å². The minimum absolute atomic E-state index is 0.263. The van der Waals surface area contributed by atoms with Crippen LogP contribution in [-0.2, 0) is 9.53 Å². The molecule has 0 aromatic heterocycles. The molecular weight excluding hydrogens is 196 g/mol. The van der Waals surface area contributed by atoms with Gasteiger partial charge in [-0.15, -0.1) is 0 Å². The lowest BCUT2D eigenvalue weighted by Gasteiger charge is -1.95. The van der Waals surface area contributed by atoms with E-state index in [0.29, 0.717) is 11.9 Å². The van der Waals surface area contributed by atoms with E-state index in [1.165, 1.54) is 6.08 Å². The number of hydrogen-bond acceptors (Lipinski definition) is 2. The Hall–Kier alpha value is -0.310. The highest BCUT2D eigenvalue weighted by Crippen LogP contribution is 1.86. The highest BCUT2D eigenvalue weighted by Gasteiger charge is 1.91. The number of allylic oxidation sites excluding steroid dienone is 1. The zero-order chi connectivity index (χ0) is 7.82. The molecule has 0 N–H and O–H groups in total. The first-order valence-corrected chi connectivity index (χ1v) is 4.32. The van der Waals surface area contributed by atoms with Crippen molar-refractivity contribution in [2.75, 3.05) is 11.9 Å². The van der Waals surface area contributed by atoms with E-state index in [1.54, 1.807) is 6.08 Å². The second-order valence-corrected chi connectivity index (χ2v) is 2.37. The molecule has 0 unspecified atom stereocenters. The normalized spacial score (nSPS) is 10.2. The molecular formula is C7H11BrO2. The summed E-state index contributed by atoms with van der Waals surface area (Å²) in [7, 11) is 0. The van der Waals surface area contributed by atoms with Crippen molar-refractivity contribution in [3.05, 3.63) is 12.2 Å². The predicted octanol–water partition coefficient (Wildman–Crippen LogP) is 1.89. The van der Waals surface area contributed by atoms with Crippen LogP contribution in [0.2, 0.25) is 0 Å². The minimum Gasteiger partial charge on any atom is -0.463 e. The van der Waals surface area contributed by atoms with Crippen molar-refractivity contribution in [3.8, 4) is 0 Å². The summed E-state index contributed by atoms with van der Waals surface area (Å²) in [5.41, 5.74) is 0. The number of carbonyl (C=O) groups is 1. The maximum Gasteiger partial charge on any atom is 0.330 e. The fourth-order valence-electron chi connectivity index (χ4n) is 0.392. The van der Waals surface area contributed by atoms with Crippen LogP contribution < -0.4 is 0 Å². The average molecular weight is 207 g/mol. The van der Waals surface area contributed by atoms with Crippen LogP contribution in [0.4, 0.5) is 0 Å². The molecule has 0 amide bonds. The minimum atomic E-state index is -0.263. The zero-order valence-corrected chi connectivity index (χ0v) is 7.56. The van der Waals surface area contributed by atoms with Gasteiger partial charge in [0.05, 0.1) is 6.61 Å². The van der Waals surface area contributed by atoms with Gasteiger partial charge in [0.2, 0.25) is 0 Å². The lowest BCUT2D eigenvalue weighted by molar-refractivity contribution is -0.137. The summed E-state index contributed by atoms with van der Waals surface area (Å²) >= 11 is 3.15. The van der Waals surface area contributed by atoms with Gasteiger partial charge in [0.15, 0.2) is 0 Å². The molecule has 0 saturated heterocycles. The number of carbonyl (C=O) groups excluding carboxylic acids is 1. The Balaban J connectivity index is 3.34. The van der Waals surface area contributed by atoms with Crippen molar-refractivity contribution in [1.29, 1.82) is 0 Å². The molecule has 0 aromatic carbocycles. The predicted molar refractivity (Wildman–Crippen MR) is 44.2 cm³/mol. The van der Waals surface area contributed by atoms with E-state index in [2.05, 4.69) is 15.9 Å². The van der Waals surface area contributed by atoms with Crippen LogP contribution in [0.25, 0.3) is 0 Å². The molecule has 0 saturated carbocycles. The highest BCUT2D eigenvalue weighted by molar-refractivity contribution is 9.09. The highest BCUT2D eigenvalue weighted by atomic mass is 79.9. The van der Waals surface area contributed by atoms with Gasteiger partial charge in [-0.05, 0) is 6.42 Å². The molecule has 58 valence electrons. The summed E-state index contributed by atoms with van der Waals surface area (Å²) in [4.78, 5) is 10.6. The van der Waals surface area contributed by atoms with Crippen molar-refractivity contribution < 1.29 is 9.53 Å². The Labute approximate surface area is 69.4 Å². The average Bonchev–Trinajstić information content (AvgIpc) is 1.97. The maximum atomic E-state index is 10.6. The molecule has 10 heavy (non-hydrogen) atoms. The quantitative estimate of drug-likeness (QED) is 0.399. The van der Waals surface area contributed by atoms with E-state index < -0.39 is 0 Å². The molecule has 0 atom stereocenters. The van der Waals surface area contributed by atoms with Crippen LogP contribution in [0.1, 0.15) is 13.3 Å². The SMILES string of the molecule is CCCOC(=O)/C=C/CBr. The lowest BCUT2D eigenvalue weighted by Crippen LogP contribution is -2.00. The van der Waals surface area contributed by atoms with E-state index in [0.717, 1.165) is 6.42 Å². The molecule has 0 rings (SSSR count). The van der Waals surface area contributed by atoms with Gasteiger partial charge in [0.1, 0.15) is 0 Å². The standard InChI is InChI=1S/C7H11BrO2/c1-2-6-10-7(9)4-3-5-8/h3-4H,2,5-6H2,1H3/b4-3+. The van der Waals surface area contributed by atoms with E-state index in [9.17, 15) is 4.79 Å². The van der Waals surface area contributed by atoms with Crippen LogP contribution in [0.5, 0.6) is 0 Å². The van der Waals surface area contributed by atoms with Gasteiger partial charge in [-0.25, -0.2) is 4.79 Å². The smallest absolute Gasteiger partial charge is 0.330 e. The molecule has 0 aliphatic rings. The number of esters is 1. The third-order valence-corrected chi connectivity index (χ3v) is 1.17. The van der Waals surface area contributed by atoms with Crippen molar-refractivity contribution in [1.82, 2.24) is 0 Å². The molecule has 0 aromatic rings. The summed E-state index contributed by atoms with van der Waals surface area (Å²) in [6.45, 7) is 2.47. The molecule has 2 nitrogen and oxygen atoms in total. The lowest BCUT2D eigenvalue weighted by atomic mass is 10.5. The number of rotatable bonds is 4. The fraction of sp³-hybridized carbons (Fsp3) is 0.571. The summed E-state index contributed by atoms with van der Waals surface area (Å²) < 4.78 is 4.75. The Morgan fingerprint density at radius 3 is 2.90 bits per heavy atom. The summed E-state index contributed by atoms with van der Waals surface area (Å²) in [6, 6.07) is 0. The first-order valence-electron chi connectivity index (χ1n) is 3.20. The molecule has 0 spiro atoms. The second-order valence-electron chi connectivity index (χ2n) is 1.72. The van der Waals surface area contributed by atoms with Gasteiger partial charge in [0.25, 0.3) is 0 Å². The number of ether oxygens (including phenoxy) is 1. The van der Waals surface area contributed by atoms with E-state index >= 15 is 0 Å². The van der Waals surface area contributed by atoms with Crippen molar-refractivity contribution in [2.45, 2.75) is 13.3 Å². The largest absolute Gasteiger partial charge is 0.463 e. The van der Waals surface area contributed by atoms with Crippen LogP contribution in [0.3, 0.4) is 0 Å². The summed E-state index contributed by atoms with van der Waals surface area (Å²) in [5, 5.41) is 0.689. The Morgan fingerprint density at radius 2 is 2.40 bits per heavy atom. The van der Waals surface area contributed by atoms with Gasteiger partial charge in [-0.3, -0.25) is 0 Å². The number of halogens is 1. The Kier molecular flexibility index (Phi) is 6.59. The zero-order valence-electron chi connectivity index (χ0n) is 5.97. The monoisotopic (exact) mass is 206 g/mol. The summed E-state index contributed by atoms with van der Waals surface area (Å²) in [5.74, 6) is -0.263. The van der Waals surface area contributed by atoms with E-state index in [4.69, 9.17) is 4.74 Å². The molecule has 0 heterocycles. The maximum absolute atomic E-state index is 10.6. The Bertz CT molecular complexity index is 121.